The molecule has 0 bridgehead atoms. The second kappa shape index (κ2) is 4.40. The first-order chi connectivity index (χ1) is 6.26. The number of rotatable bonds is 4. The van der Waals surface area contributed by atoms with Crippen LogP contribution in [0.15, 0.2) is 30.9 Å². The number of hydrogen-bond acceptors (Lipinski definition) is 3. The highest BCUT2D eigenvalue weighted by Crippen LogP contribution is 2.21. The second-order valence-electron chi connectivity index (χ2n) is 2.66. The molecule has 0 unspecified atom stereocenters. The van der Waals surface area contributed by atoms with E-state index in [1.165, 1.54) is 0 Å². The molecule has 0 aromatic heterocycles. The predicted molar refractivity (Wildman–Crippen MR) is 56.1 cm³/mol. The Bertz CT molecular complexity index is 297. The van der Waals surface area contributed by atoms with Gasteiger partial charge in [-0.25, -0.2) is 0 Å². The summed E-state index contributed by atoms with van der Waals surface area (Å²) in [6, 6.07) is 5.52. The minimum atomic E-state index is 0.686. The van der Waals surface area contributed by atoms with Gasteiger partial charge in [-0.15, -0.1) is 6.58 Å². The molecule has 3 heteroatoms. The van der Waals surface area contributed by atoms with Gasteiger partial charge in [-0.3, -0.25) is 0 Å². The fourth-order valence-corrected chi connectivity index (χ4v) is 1.03. The van der Waals surface area contributed by atoms with Crippen LogP contribution in [0.1, 0.15) is 0 Å². The maximum Gasteiger partial charge on any atom is 0.122 e. The number of nitrogen functional groups attached to an aromatic ring is 1. The highest BCUT2D eigenvalue weighted by atomic mass is 16.5. The Morgan fingerprint density at radius 1 is 1.54 bits per heavy atom. The second-order valence-corrected chi connectivity index (χ2v) is 2.66. The minimum Gasteiger partial charge on any atom is -0.497 e. The van der Waals surface area contributed by atoms with Crippen LogP contribution in [0.4, 0.5) is 11.4 Å². The lowest BCUT2D eigenvalue weighted by Gasteiger charge is -2.07. The van der Waals surface area contributed by atoms with Crippen molar-refractivity contribution in [2.75, 3.05) is 24.7 Å². The summed E-state index contributed by atoms with van der Waals surface area (Å²) < 4.78 is 5.07. The Balaban J connectivity index is 2.81. The first-order valence-corrected chi connectivity index (χ1v) is 4.05. The summed E-state index contributed by atoms with van der Waals surface area (Å²) >= 11 is 0. The molecule has 1 aromatic carbocycles. The van der Waals surface area contributed by atoms with Gasteiger partial charge in [-0.2, -0.15) is 0 Å². The fourth-order valence-electron chi connectivity index (χ4n) is 1.03. The molecule has 0 spiro atoms. The molecule has 0 atom stereocenters. The van der Waals surface area contributed by atoms with Gasteiger partial charge in [-0.1, -0.05) is 6.08 Å². The summed E-state index contributed by atoms with van der Waals surface area (Å²) in [5.74, 6) is 0.756. The first-order valence-electron chi connectivity index (χ1n) is 4.05. The summed E-state index contributed by atoms with van der Waals surface area (Å²) in [5, 5.41) is 3.13. The molecular formula is C10H14N2O. The number of anilines is 2. The number of nitrogens with two attached hydrogens (primary N) is 1. The average molecular weight is 178 g/mol. The molecule has 0 saturated carbocycles. The van der Waals surface area contributed by atoms with Gasteiger partial charge in [0.25, 0.3) is 0 Å². The van der Waals surface area contributed by atoms with Crippen molar-refractivity contribution in [1.82, 2.24) is 0 Å². The molecule has 0 aliphatic carbocycles. The van der Waals surface area contributed by atoms with E-state index >= 15 is 0 Å². The molecule has 0 amide bonds. The summed E-state index contributed by atoms with van der Waals surface area (Å²) in [7, 11) is 1.62. The topological polar surface area (TPSA) is 47.3 Å². The monoisotopic (exact) mass is 178 g/mol. The van der Waals surface area contributed by atoms with Crippen molar-refractivity contribution in [3.05, 3.63) is 30.9 Å². The van der Waals surface area contributed by atoms with Gasteiger partial charge in [0.2, 0.25) is 0 Å². The number of ether oxygens (including phenoxy) is 1. The third-order valence-corrected chi connectivity index (χ3v) is 1.62. The van der Waals surface area contributed by atoms with Gasteiger partial charge in [0, 0.05) is 30.1 Å². The Labute approximate surface area is 78.2 Å². The molecule has 1 rings (SSSR count). The van der Waals surface area contributed by atoms with E-state index in [4.69, 9.17) is 10.5 Å². The maximum absolute atomic E-state index is 5.66. The minimum absolute atomic E-state index is 0.686. The van der Waals surface area contributed by atoms with E-state index in [0.717, 1.165) is 11.4 Å². The Kier molecular flexibility index (Phi) is 3.20. The van der Waals surface area contributed by atoms with E-state index in [9.17, 15) is 0 Å². The largest absolute Gasteiger partial charge is 0.497 e. The van der Waals surface area contributed by atoms with Crippen molar-refractivity contribution in [2.45, 2.75) is 0 Å². The molecule has 0 saturated heterocycles. The van der Waals surface area contributed by atoms with Gasteiger partial charge in [0.05, 0.1) is 7.11 Å². The van der Waals surface area contributed by atoms with Crippen LogP contribution in [0.2, 0.25) is 0 Å². The SMILES string of the molecule is C=CCNc1cc(N)cc(OC)c1. The Hall–Kier alpha value is -1.64. The summed E-state index contributed by atoms with van der Waals surface area (Å²) in [5.41, 5.74) is 7.29. The van der Waals surface area contributed by atoms with E-state index in [2.05, 4.69) is 11.9 Å². The maximum atomic E-state index is 5.66. The van der Waals surface area contributed by atoms with E-state index < -0.39 is 0 Å². The van der Waals surface area contributed by atoms with E-state index in [1.807, 2.05) is 12.1 Å². The smallest absolute Gasteiger partial charge is 0.122 e. The normalized spacial score (nSPS) is 9.31. The molecule has 0 radical (unpaired) electrons. The van der Waals surface area contributed by atoms with Crippen LogP contribution >= 0.6 is 0 Å². The van der Waals surface area contributed by atoms with Crippen LogP contribution in [0, 0.1) is 0 Å². The highest BCUT2D eigenvalue weighted by Gasteiger charge is 1.96. The van der Waals surface area contributed by atoms with Crippen molar-refractivity contribution < 1.29 is 4.74 Å². The third kappa shape index (κ3) is 2.71. The molecule has 1 aromatic rings. The van der Waals surface area contributed by atoms with Crippen LogP contribution in [0.5, 0.6) is 5.75 Å². The highest BCUT2D eigenvalue weighted by molar-refractivity contribution is 5.59. The van der Waals surface area contributed by atoms with Crippen LogP contribution in [-0.4, -0.2) is 13.7 Å². The van der Waals surface area contributed by atoms with Gasteiger partial charge in [0.15, 0.2) is 0 Å². The molecule has 3 nitrogen and oxygen atoms in total. The van der Waals surface area contributed by atoms with Crippen molar-refractivity contribution in [2.24, 2.45) is 0 Å². The number of hydrogen-bond donors (Lipinski definition) is 2. The first kappa shape index (κ1) is 9.45. The summed E-state index contributed by atoms with van der Waals surface area (Å²) in [4.78, 5) is 0. The van der Waals surface area contributed by atoms with Gasteiger partial charge < -0.3 is 15.8 Å². The van der Waals surface area contributed by atoms with Crippen molar-refractivity contribution in [1.29, 1.82) is 0 Å². The Morgan fingerprint density at radius 3 is 2.92 bits per heavy atom. The zero-order valence-corrected chi connectivity index (χ0v) is 7.71. The standard InChI is InChI=1S/C10H14N2O/c1-3-4-12-9-5-8(11)6-10(7-9)13-2/h3,5-7,12H,1,4,11H2,2H3. The average Bonchev–Trinajstić information content (AvgIpc) is 2.14. The molecule has 0 aliphatic rings. The molecule has 0 fully saturated rings. The zero-order valence-electron chi connectivity index (χ0n) is 7.71. The van der Waals surface area contributed by atoms with Crippen LogP contribution in [0.3, 0.4) is 0 Å². The molecule has 0 heterocycles. The third-order valence-electron chi connectivity index (χ3n) is 1.62. The molecule has 3 N–H and O–H groups in total. The molecule has 13 heavy (non-hydrogen) atoms. The van der Waals surface area contributed by atoms with Gasteiger partial charge >= 0.3 is 0 Å². The number of methoxy groups -OCH3 is 1. The zero-order chi connectivity index (χ0) is 9.68. The Morgan fingerprint density at radius 2 is 2.31 bits per heavy atom. The van der Waals surface area contributed by atoms with Crippen LogP contribution in [0.25, 0.3) is 0 Å². The van der Waals surface area contributed by atoms with E-state index in [-0.39, 0.29) is 0 Å². The summed E-state index contributed by atoms with van der Waals surface area (Å²) in [6.07, 6.45) is 1.79. The quantitative estimate of drug-likeness (QED) is 0.546. The van der Waals surface area contributed by atoms with E-state index in [0.29, 0.717) is 12.2 Å². The lowest BCUT2D eigenvalue weighted by atomic mass is 10.2. The molecular weight excluding hydrogens is 164 g/mol. The lowest BCUT2D eigenvalue weighted by molar-refractivity contribution is 0.415. The van der Waals surface area contributed by atoms with E-state index in [1.54, 1.807) is 19.3 Å². The lowest BCUT2D eigenvalue weighted by Crippen LogP contribution is -1.99. The fraction of sp³-hybridized carbons (Fsp3) is 0.200. The predicted octanol–water partition coefficient (Wildman–Crippen LogP) is 1.88. The van der Waals surface area contributed by atoms with Crippen LogP contribution in [-0.2, 0) is 0 Å². The van der Waals surface area contributed by atoms with Crippen molar-refractivity contribution in [3.8, 4) is 5.75 Å². The number of benzene rings is 1. The van der Waals surface area contributed by atoms with Gasteiger partial charge in [-0.05, 0) is 6.07 Å². The van der Waals surface area contributed by atoms with Crippen molar-refractivity contribution >= 4 is 11.4 Å². The number of nitrogens with one attached hydrogen (secondary N) is 1. The van der Waals surface area contributed by atoms with Crippen LogP contribution < -0.4 is 15.8 Å². The summed E-state index contributed by atoms with van der Waals surface area (Å²) in [6.45, 7) is 4.33. The van der Waals surface area contributed by atoms with Crippen molar-refractivity contribution in [3.63, 3.8) is 0 Å². The molecule has 70 valence electrons. The van der Waals surface area contributed by atoms with Gasteiger partial charge in [0.1, 0.15) is 5.75 Å². The molecule has 0 aliphatic heterocycles.